The van der Waals surface area contributed by atoms with Gasteiger partial charge in [0, 0.05) is 9.77 Å². The van der Waals surface area contributed by atoms with Crippen LogP contribution in [0.15, 0.2) is 40.6 Å². The standard InChI is InChI=1S/C13H9NO2S3/c15-12(7-9-2-1-5-18-9)16-13-14-10-6-8(17)3-4-11(10)19-13/h1-6,17H,7H2. The Morgan fingerprint density at radius 2 is 2.26 bits per heavy atom. The summed E-state index contributed by atoms with van der Waals surface area (Å²) in [5.41, 5.74) is 0.802. The fourth-order valence-electron chi connectivity index (χ4n) is 1.63. The molecule has 3 aromatic rings. The van der Waals surface area contributed by atoms with Crippen LogP contribution in [0.5, 0.6) is 5.19 Å². The minimum absolute atomic E-state index is 0.283. The van der Waals surface area contributed by atoms with Gasteiger partial charge in [-0.05, 0) is 29.6 Å². The zero-order valence-corrected chi connectivity index (χ0v) is 12.2. The Morgan fingerprint density at radius 1 is 1.37 bits per heavy atom. The largest absolute Gasteiger partial charge is 0.398 e. The number of ether oxygens (including phenoxy) is 1. The highest BCUT2D eigenvalue weighted by atomic mass is 32.1. The molecule has 6 heteroatoms. The fourth-order valence-corrected chi connectivity index (χ4v) is 3.33. The first-order valence-corrected chi connectivity index (χ1v) is 7.68. The number of fused-ring (bicyclic) bond motifs is 1. The lowest BCUT2D eigenvalue weighted by Crippen LogP contribution is -2.09. The molecule has 0 saturated carbocycles. The fraction of sp³-hybridized carbons (Fsp3) is 0.0769. The third-order valence-corrected chi connectivity index (χ3v) is 4.52. The van der Waals surface area contributed by atoms with E-state index in [0.29, 0.717) is 5.19 Å². The molecule has 0 unspecified atom stereocenters. The summed E-state index contributed by atoms with van der Waals surface area (Å²) >= 11 is 7.16. The molecule has 96 valence electrons. The zero-order chi connectivity index (χ0) is 13.2. The molecule has 3 rings (SSSR count). The number of thiophene rings is 1. The van der Waals surface area contributed by atoms with E-state index in [1.54, 1.807) is 11.3 Å². The van der Waals surface area contributed by atoms with Gasteiger partial charge in [0.25, 0.3) is 5.19 Å². The van der Waals surface area contributed by atoms with Gasteiger partial charge in [0.1, 0.15) is 0 Å². The number of thiazole rings is 1. The predicted octanol–water partition coefficient (Wildman–Crippen LogP) is 3.79. The molecule has 0 fully saturated rings. The Bertz CT molecular complexity index is 719. The summed E-state index contributed by atoms with van der Waals surface area (Å²) in [4.78, 5) is 17.9. The van der Waals surface area contributed by atoms with Gasteiger partial charge in [-0.25, -0.2) is 4.98 Å². The summed E-state index contributed by atoms with van der Waals surface area (Å²) in [7, 11) is 0. The number of rotatable bonds is 3. The predicted molar refractivity (Wildman–Crippen MR) is 80.5 cm³/mol. The molecular weight excluding hydrogens is 298 g/mol. The van der Waals surface area contributed by atoms with Gasteiger partial charge in [0.2, 0.25) is 0 Å². The number of hydrogen-bond donors (Lipinski definition) is 1. The summed E-state index contributed by atoms with van der Waals surface area (Å²) in [5, 5.41) is 2.32. The van der Waals surface area contributed by atoms with Crippen LogP contribution < -0.4 is 4.74 Å². The van der Waals surface area contributed by atoms with Crippen LogP contribution in [0, 0.1) is 0 Å². The van der Waals surface area contributed by atoms with Crippen molar-refractivity contribution >= 4 is 51.5 Å². The number of carbonyl (C=O) groups is 1. The second kappa shape index (κ2) is 5.32. The monoisotopic (exact) mass is 307 g/mol. The van der Waals surface area contributed by atoms with Crippen molar-refractivity contribution in [3.8, 4) is 5.19 Å². The number of carbonyl (C=O) groups excluding carboxylic acids is 1. The van der Waals surface area contributed by atoms with Gasteiger partial charge in [-0.15, -0.1) is 24.0 Å². The van der Waals surface area contributed by atoms with Crippen molar-refractivity contribution in [3.05, 3.63) is 40.6 Å². The van der Waals surface area contributed by atoms with E-state index in [9.17, 15) is 4.79 Å². The lowest BCUT2D eigenvalue weighted by atomic mass is 10.3. The van der Waals surface area contributed by atoms with Crippen LogP contribution in [-0.2, 0) is 11.2 Å². The second-order valence-electron chi connectivity index (χ2n) is 3.86. The van der Waals surface area contributed by atoms with E-state index in [-0.39, 0.29) is 12.4 Å². The molecule has 0 aliphatic heterocycles. The molecule has 0 N–H and O–H groups in total. The third kappa shape index (κ3) is 2.97. The van der Waals surface area contributed by atoms with E-state index in [0.717, 1.165) is 20.0 Å². The molecule has 2 heterocycles. The second-order valence-corrected chi connectivity index (χ2v) is 6.40. The van der Waals surface area contributed by atoms with Crippen LogP contribution in [0.4, 0.5) is 0 Å². The minimum Gasteiger partial charge on any atom is -0.398 e. The number of aromatic nitrogens is 1. The van der Waals surface area contributed by atoms with E-state index in [1.165, 1.54) is 11.3 Å². The van der Waals surface area contributed by atoms with E-state index >= 15 is 0 Å². The first-order valence-electron chi connectivity index (χ1n) is 5.53. The van der Waals surface area contributed by atoms with Crippen LogP contribution in [0.25, 0.3) is 10.2 Å². The van der Waals surface area contributed by atoms with Crippen molar-refractivity contribution in [2.75, 3.05) is 0 Å². The van der Waals surface area contributed by atoms with Gasteiger partial charge < -0.3 is 4.74 Å². The quantitative estimate of drug-likeness (QED) is 0.591. The maximum absolute atomic E-state index is 11.8. The Morgan fingerprint density at radius 3 is 3.05 bits per heavy atom. The molecule has 0 aliphatic rings. The molecule has 0 aliphatic carbocycles. The molecule has 0 radical (unpaired) electrons. The van der Waals surface area contributed by atoms with Crippen LogP contribution >= 0.6 is 35.3 Å². The summed E-state index contributed by atoms with van der Waals surface area (Å²) < 4.78 is 6.25. The molecule has 0 spiro atoms. The van der Waals surface area contributed by atoms with Crippen LogP contribution in [0.2, 0.25) is 0 Å². The molecule has 0 bridgehead atoms. The van der Waals surface area contributed by atoms with Crippen molar-refractivity contribution in [2.45, 2.75) is 11.3 Å². The highest BCUT2D eigenvalue weighted by Crippen LogP contribution is 2.29. The topological polar surface area (TPSA) is 39.2 Å². The Balaban J connectivity index is 1.76. The molecule has 0 atom stereocenters. The number of nitrogens with zero attached hydrogens (tertiary/aromatic N) is 1. The van der Waals surface area contributed by atoms with E-state index < -0.39 is 0 Å². The number of hydrogen-bond acceptors (Lipinski definition) is 6. The first kappa shape index (κ1) is 12.7. The van der Waals surface area contributed by atoms with Gasteiger partial charge in [-0.3, -0.25) is 4.79 Å². The van der Waals surface area contributed by atoms with Crippen molar-refractivity contribution in [3.63, 3.8) is 0 Å². The maximum Gasteiger partial charge on any atom is 0.318 e. The van der Waals surface area contributed by atoms with Gasteiger partial charge in [-0.1, -0.05) is 17.4 Å². The zero-order valence-electron chi connectivity index (χ0n) is 9.70. The van der Waals surface area contributed by atoms with Crippen molar-refractivity contribution in [1.82, 2.24) is 4.98 Å². The highest BCUT2D eigenvalue weighted by molar-refractivity contribution is 7.80. The molecule has 3 nitrogen and oxygen atoms in total. The van der Waals surface area contributed by atoms with Crippen molar-refractivity contribution < 1.29 is 9.53 Å². The highest BCUT2D eigenvalue weighted by Gasteiger charge is 2.11. The molecular formula is C13H9NO2S3. The molecule has 2 aromatic heterocycles. The van der Waals surface area contributed by atoms with Gasteiger partial charge in [0.05, 0.1) is 16.6 Å². The van der Waals surface area contributed by atoms with Crippen LogP contribution in [-0.4, -0.2) is 11.0 Å². The Kier molecular flexibility index (Phi) is 3.54. The first-order chi connectivity index (χ1) is 9.20. The van der Waals surface area contributed by atoms with E-state index in [2.05, 4.69) is 17.6 Å². The SMILES string of the molecule is O=C(Cc1cccs1)Oc1nc2cc(S)ccc2s1. The van der Waals surface area contributed by atoms with Crippen LogP contribution in [0.1, 0.15) is 4.88 Å². The molecule has 0 amide bonds. The summed E-state index contributed by atoms with van der Waals surface area (Å²) in [6, 6.07) is 9.50. The number of benzene rings is 1. The summed E-state index contributed by atoms with van der Waals surface area (Å²) in [6.45, 7) is 0. The molecule has 1 aromatic carbocycles. The third-order valence-electron chi connectivity index (χ3n) is 2.45. The summed E-state index contributed by atoms with van der Waals surface area (Å²) in [6.07, 6.45) is 0.283. The van der Waals surface area contributed by atoms with Gasteiger partial charge in [0.15, 0.2) is 0 Å². The lowest BCUT2D eigenvalue weighted by Gasteiger charge is -1.97. The van der Waals surface area contributed by atoms with Crippen molar-refractivity contribution in [1.29, 1.82) is 0 Å². The number of thiol groups is 1. The van der Waals surface area contributed by atoms with Crippen molar-refractivity contribution in [2.24, 2.45) is 0 Å². The summed E-state index contributed by atoms with van der Waals surface area (Å²) in [5.74, 6) is -0.285. The average molecular weight is 307 g/mol. The molecule has 0 saturated heterocycles. The normalized spacial score (nSPS) is 10.8. The molecule has 19 heavy (non-hydrogen) atoms. The lowest BCUT2D eigenvalue weighted by molar-refractivity contribution is -0.133. The minimum atomic E-state index is -0.285. The van der Waals surface area contributed by atoms with E-state index in [4.69, 9.17) is 4.74 Å². The van der Waals surface area contributed by atoms with Gasteiger partial charge >= 0.3 is 5.97 Å². The Hall–Kier alpha value is -1.37. The average Bonchev–Trinajstić information content (AvgIpc) is 2.97. The number of esters is 1. The van der Waals surface area contributed by atoms with Gasteiger partial charge in [-0.2, -0.15) is 0 Å². The Labute approximate surface area is 123 Å². The maximum atomic E-state index is 11.8. The smallest absolute Gasteiger partial charge is 0.318 e. The van der Waals surface area contributed by atoms with E-state index in [1.807, 2.05) is 35.7 Å². The van der Waals surface area contributed by atoms with Crippen LogP contribution in [0.3, 0.4) is 0 Å².